The Morgan fingerprint density at radius 2 is 1.97 bits per heavy atom. The van der Waals surface area contributed by atoms with E-state index in [2.05, 4.69) is 4.98 Å². The fourth-order valence-corrected chi connectivity index (χ4v) is 3.71. The third-order valence-electron chi connectivity index (χ3n) is 5.24. The molecular formula is C23H26ClN3O3. The number of rotatable bonds is 8. The molecule has 7 heteroatoms. The Hall–Kier alpha value is -2.70. The summed E-state index contributed by atoms with van der Waals surface area (Å²) in [4.78, 5) is 32.3. The van der Waals surface area contributed by atoms with Gasteiger partial charge in [-0.1, -0.05) is 41.9 Å². The quantitative estimate of drug-likeness (QED) is 0.549. The van der Waals surface area contributed by atoms with Crippen LogP contribution in [0.15, 0.2) is 53.3 Å². The number of carbonyl (C=O) groups excluding carboxylic acids is 1. The maximum absolute atomic E-state index is 13.1. The second-order valence-corrected chi connectivity index (χ2v) is 7.67. The molecule has 30 heavy (non-hydrogen) atoms. The monoisotopic (exact) mass is 427 g/mol. The van der Waals surface area contributed by atoms with Crippen LogP contribution < -0.4 is 5.56 Å². The molecule has 1 heterocycles. The highest BCUT2D eigenvalue weighted by Gasteiger charge is 2.25. The molecular weight excluding hydrogens is 402 g/mol. The lowest BCUT2D eigenvalue weighted by Crippen LogP contribution is -2.39. The molecule has 1 aromatic heterocycles. The molecule has 0 aliphatic rings. The molecule has 0 aliphatic carbocycles. The lowest BCUT2D eigenvalue weighted by Gasteiger charge is -2.30. The van der Waals surface area contributed by atoms with Gasteiger partial charge in [-0.2, -0.15) is 0 Å². The Bertz CT molecular complexity index is 1080. The van der Waals surface area contributed by atoms with E-state index in [1.807, 2.05) is 37.3 Å². The number of halogens is 1. The maximum atomic E-state index is 13.1. The van der Waals surface area contributed by atoms with Crippen molar-refractivity contribution in [2.24, 2.45) is 7.05 Å². The topological polar surface area (TPSA) is 64.4 Å². The van der Waals surface area contributed by atoms with Crippen molar-refractivity contribution >= 4 is 28.4 Å². The zero-order chi connectivity index (χ0) is 21.7. The Kier molecular flexibility index (Phi) is 7.24. The molecule has 158 valence electrons. The summed E-state index contributed by atoms with van der Waals surface area (Å²) < 4.78 is 6.70. The molecule has 0 fully saturated rings. The van der Waals surface area contributed by atoms with Gasteiger partial charge in [0, 0.05) is 32.1 Å². The summed E-state index contributed by atoms with van der Waals surface area (Å²) in [6, 6.07) is 14.6. The first-order valence-corrected chi connectivity index (χ1v) is 10.3. The highest BCUT2D eigenvalue weighted by atomic mass is 35.5. The highest BCUT2D eigenvalue weighted by Crippen LogP contribution is 2.22. The molecule has 0 bridgehead atoms. The van der Waals surface area contributed by atoms with Crippen LogP contribution in [0.2, 0.25) is 5.02 Å². The zero-order valence-corrected chi connectivity index (χ0v) is 18.2. The van der Waals surface area contributed by atoms with Crippen molar-refractivity contribution in [1.29, 1.82) is 0 Å². The Balaban J connectivity index is 1.90. The van der Waals surface area contributed by atoms with E-state index in [4.69, 9.17) is 16.3 Å². The molecule has 0 N–H and O–H groups in total. The lowest BCUT2D eigenvalue weighted by molar-refractivity contribution is -0.134. The standard InChI is InChI=1S/C23H26ClN3O3/c1-16(22-25-20-11-10-18(24)15-19(20)23(29)26(22)2)27(13-14-30-3)21(28)12-9-17-7-5-4-6-8-17/h4-8,10-11,15-16H,9,12-14H2,1-3H3. The Morgan fingerprint density at radius 1 is 1.23 bits per heavy atom. The number of methoxy groups -OCH3 is 1. The molecule has 0 radical (unpaired) electrons. The lowest BCUT2D eigenvalue weighted by atomic mass is 10.1. The molecule has 2 aromatic carbocycles. The average Bonchev–Trinajstić information content (AvgIpc) is 2.76. The van der Waals surface area contributed by atoms with Gasteiger partial charge in [0.15, 0.2) is 0 Å². The van der Waals surface area contributed by atoms with Gasteiger partial charge in [-0.25, -0.2) is 4.98 Å². The van der Waals surface area contributed by atoms with Gasteiger partial charge in [-0.15, -0.1) is 0 Å². The number of ether oxygens (including phenoxy) is 1. The van der Waals surface area contributed by atoms with E-state index >= 15 is 0 Å². The van der Waals surface area contributed by atoms with Gasteiger partial charge in [0.2, 0.25) is 5.91 Å². The molecule has 3 aromatic rings. The van der Waals surface area contributed by atoms with Crippen LogP contribution >= 0.6 is 11.6 Å². The normalized spacial score (nSPS) is 12.1. The van der Waals surface area contributed by atoms with Gasteiger partial charge < -0.3 is 9.64 Å². The van der Waals surface area contributed by atoms with Crippen molar-refractivity contribution in [2.45, 2.75) is 25.8 Å². The highest BCUT2D eigenvalue weighted by molar-refractivity contribution is 6.31. The van der Waals surface area contributed by atoms with E-state index in [1.165, 1.54) is 4.57 Å². The average molecular weight is 428 g/mol. The minimum atomic E-state index is -0.388. The largest absolute Gasteiger partial charge is 0.383 e. The van der Waals surface area contributed by atoms with Gasteiger partial charge in [-0.05, 0) is 37.1 Å². The fraction of sp³-hybridized carbons (Fsp3) is 0.348. The number of aromatic nitrogens is 2. The summed E-state index contributed by atoms with van der Waals surface area (Å²) in [5.74, 6) is 0.521. The second-order valence-electron chi connectivity index (χ2n) is 7.24. The summed E-state index contributed by atoms with van der Waals surface area (Å²) in [5.41, 5.74) is 1.49. The van der Waals surface area contributed by atoms with Crippen molar-refractivity contribution in [1.82, 2.24) is 14.5 Å². The molecule has 1 amide bonds. The number of benzene rings is 2. The number of amides is 1. The minimum absolute atomic E-state index is 0.00569. The number of carbonyl (C=O) groups is 1. The minimum Gasteiger partial charge on any atom is -0.383 e. The van der Waals surface area contributed by atoms with Crippen LogP contribution in [-0.4, -0.2) is 40.6 Å². The van der Waals surface area contributed by atoms with Crippen molar-refractivity contribution in [3.05, 3.63) is 75.3 Å². The molecule has 0 saturated heterocycles. The van der Waals surface area contributed by atoms with Crippen LogP contribution in [0.1, 0.15) is 30.8 Å². The van der Waals surface area contributed by atoms with Crippen molar-refractivity contribution in [2.75, 3.05) is 20.3 Å². The summed E-state index contributed by atoms with van der Waals surface area (Å²) in [6.45, 7) is 2.71. The van der Waals surface area contributed by atoms with E-state index in [1.54, 1.807) is 37.3 Å². The Labute approximate surface area is 181 Å². The molecule has 3 rings (SSSR count). The molecule has 6 nitrogen and oxygen atoms in total. The van der Waals surface area contributed by atoms with Crippen LogP contribution in [0.5, 0.6) is 0 Å². The number of hydrogen-bond acceptors (Lipinski definition) is 4. The molecule has 0 saturated carbocycles. The van der Waals surface area contributed by atoms with Gasteiger partial charge in [-0.3, -0.25) is 14.2 Å². The maximum Gasteiger partial charge on any atom is 0.261 e. The van der Waals surface area contributed by atoms with E-state index in [-0.39, 0.29) is 17.5 Å². The first-order valence-electron chi connectivity index (χ1n) is 9.91. The Morgan fingerprint density at radius 3 is 2.67 bits per heavy atom. The summed E-state index contributed by atoms with van der Waals surface area (Å²) in [5, 5.41) is 0.944. The third-order valence-corrected chi connectivity index (χ3v) is 5.48. The van der Waals surface area contributed by atoms with Gasteiger partial charge in [0.1, 0.15) is 5.82 Å². The van der Waals surface area contributed by atoms with E-state index in [0.29, 0.717) is 47.7 Å². The predicted octanol–water partition coefficient (Wildman–Crippen LogP) is 3.76. The van der Waals surface area contributed by atoms with Gasteiger partial charge in [0.25, 0.3) is 5.56 Å². The summed E-state index contributed by atoms with van der Waals surface area (Å²) in [7, 11) is 3.27. The number of hydrogen-bond donors (Lipinski definition) is 0. The summed E-state index contributed by atoms with van der Waals surface area (Å²) >= 11 is 6.04. The zero-order valence-electron chi connectivity index (χ0n) is 17.5. The van der Waals surface area contributed by atoms with Crippen molar-refractivity contribution in [3.8, 4) is 0 Å². The van der Waals surface area contributed by atoms with Crippen molar-refractivity contribution in [3.63, 3.8) is 0 Å². The fourth-order valence-electron chi connectivity index (χ4n) is 3.54. The van der Waals surface area contributed by atoms with Crippen molar-refractivity contribution < 1.29 is 9.53 Å². The van der Waals surface area contributed by atoms with Crippen LogP contribution in [0, 0.1) is 0 Å². The molecule has 0 aliphatic heterocycles. The number of nitrogens with zero attached hydrogens (tertiary/aromatic N) is 3. The van der Waals surface area contributed by atoms with Crippen LogP contribution in [0.3, 0.4) is 0 Å². The number of fused-ring (bicyclic) bond motifs is 1. The van der Waals surface area contributed by atoms with E-state index in [9.17, 15) is 9.59 Å². The third kappa shape index (κ3) is 4.89. The van der Waals surface area contributed by atoms with Gasteiger partial charge >= 0.3 is 0 Å². The van der Waals surface area contributed by atoms with Gasteiger partial charge in [0.05, 0.1) is 23.6 Å². The smallest absolute Gasteiger partial charge is 0.261 e. The molecule has 0 spiro atoms. The van der Waals surface area contributed by atoms with Crippen LogP contribution in [0.4, 0.5) is 0 Å². The SMILES string of the molecule is COCCN(C(=O)CCc1ccccc1)C(C)c1nc2ccc(Cl)cc2c(=O)n1C. The molecule has 1 atom stereocenters. The van der Waals surface area contributed by atoms with E-state index in [0.717, 1.165) is 5.56 Å². The number of aryl methyl sites for hydroxylation is 1. The first kappa shape index (κ1) is 22.0. The van der Waals surface area contributed by atoms with Crippen LogP contribution in [0.25, 0.3) is 10.9 Å². The molecule has 1 unspecified atom stereocenters. The van der Waals surface area contributed by atoms with Crippen LogP contribution in [-0.2, 0) is 23.0 Å². The predicted molar refractivity (Wildman–Crippen MR) is 119 cm³/mol. The summed E-state index contributed by atoms with van der Waals surface area (Å²) in [6.07, 6.45) is 1.02. The van der Waals surface area contributed by atoms with E-state index < -0.39 is 0 Å². The second kappa shape index (κ2) is 9.87. The first-order chi connectivity index (χ1) is 14.4.